The molecule has 0 radical (unpaired) electrons. The molecule has 0 N–H and O–H groups in total. The molecule has 0 fully saturated rings. The minimum Gasteiger partial charge on any atom is -0.497 e. The Bertz CT molecular complexity index is 1110. The van der Waals surface area contributed by atoms with Crippen molar-refractivity contribution in [1.82, 2.24) is 25.0 Å². The van der Waals surface area contributed by atoms with E-state index in [0.29, 0.717) is 17.5 Å². The summed E-state index contributed by atoms with van der Waals surface area (Å²) in [6, 6.07) is 15.6. The Kier molecular flexibility index (Phi) is 5.96. The molecule has 0 atom stereocenters. The molecule has 148 valence electrons. The normalized spacial score (nSPS) is 11.0. The lowest BCUT2D eigenvalue weighted by Gasteiger charge is -2.06. The molecular weight excluding hydrogens is 454 g/mol. The zero-order chi connectivity index (χ0) is 20.2. The van der Waals surface area contributed by atoms with Gasteiger partial charge in [-0.3, -0.25) is 0 Å². The van der Waals surface area contributed by atoms with Gasteiger partial charge in [-0.2, -0.15) is 0 Å². The van der Waals surface area contributed by atoms with Gasteiger partial charge in [-0.05, 0) is 37.3 Å². The molecule has 7 nitrogen and oxygen atoms in total. The van der Waals surface area contributed by atoms with Crippen molar-refractivity contribution < 1.29 is 9.15 Å². The highest BCUT2D eigenvalue weighted by Crippen LogP contribution is 2.28. The number of benzene rings is 2. The third-order valence-corrected chi connectivity index (χ3v) is 5.72. The smallest absolute Gasteiger partial charge is 0.247 e. The summed E-state index contributed by atoms with van der Waals surface area (Å²) in [6.45, 7) is 2.84. The molecule has 0 unspecified atom stereocenters. The van der Waals surface area contributed by atoms with E-state index < -0.39 is 0 Å². The predicted octanol–water partition coefficient (Wildman–Crippen LogP) is 5.08. The van der Waals surface area contributed by atoms with E-state index in [1.165, 1.54) is 11.8 Å². The average Bonchev–Trinajstić information content (AvgIpc) is 3.39. The number of thioether (sulfide) groups is 1. The Labute approximate surface area is 180 Å². The Hall–Kier alpha value is -2.65. The van der Waals surface area contributed by atoms with Crippen LogP contribution in [0.3, 0.4) is 0 Å². The maximum absolute atomic E-state index is 5.81. The van der Waals surface area contributed by atoms with E-state index in [4.69, 9.17) is 9.15 Å². The predicted molar refractivity (Wildman–Crippen MR) is 115 cm³/mol. The van der Waals surface area contributed by atoms with Crippen molar-refractivity contribution in [2.45, 2.75) is 24.4 Å². The lowest BCUT2D eigenvalue weighted by Crippen LogP contribution is -1.99. The first-order chi connectivity index (χ1) is 14.2. The summed E-state index contributed by atoms with van der Waals surface area (Å²) < 4.78 is 14.2. The summed E-state index contributed by atoms with van der Waals surface area (Å²) in [4.78, 5) is 0. The van der Waals surface area contributed by atoms with E-state index in [0.717, 1.165) is 38.9 Å². The average molecular weight is 472 g/mol. The van der Waals surface area contributed by atoms with Gasteiger partial charge in [0, 0.05) is 22.1 Å². The van der Waals surface area contributed by atoms with Crippen molar-refractivity contribution >= 4 is 27.7 Å². The number of methoxy groups -OCH3 is 1. The molecule has 0 bridgehead atoms. The lowest BCUT2D eigenvalue weighted by molar-refractivity contribution is 0.414. The Balaban J connectivity index is 1.50. The van der Waals surface area contributed by atoms with Gasteiger partial charge in [0.1, 0.15) is 5.75 Å². The van der Waals surface area contributed by atoms with E-state index in [-0.39, 0.29) is 0 Å². The molecule has 2 aromatic heterocycles. The molecule has 4 rings (SSSR count). The number of ether oxygens (including phenoxy) is 1. The van der Waals surface area contributed by atoms with Gasteiger partial charge < -0.3 is 13.7 Å². The fourth-order valence-corrected chi connectivity index (χ4v) is 3.91. The van der Waals surface area contributed by atoms with Gasteiger partial charge in [0.15, 0.2) is 11.0 Å². The number of hydrogen-bond donors (Lipinski definition) is 0. The second-order valence-electron chi connectivity index (χ2n) is 6.08. The van der Waals surface area contributed by atoms with Crippen LogP contribution in [0, 0.1) is 0 Å². The Morgan fingerprint density at radius 1 is 1.03 bits per heavy atom. The van der Waals surface area contributed by atoms with Crippen LogP contribution in [-0.4, -0.2) is 32.1 Å². The summed E-state index contributed by atoms with van der Waals surface area (Å²) in [5, 5.41) is 17.8. The van der Waals surface area contributed by atoms with Crippen molar-refractivity contribution in [2.24, 2.45) is 0 Å². The summed E-state index contributed by atoms with van der Waals surface area (Å²) >= 11 is 4.98. The third-order valence-electron chi connectivity index (χ3n) is 4.24. The van der Waals surface area contributed by atoms with Gasteiger partial charge in [-0.25, -0.2) is 0 Å². The van der Waals surface area contributed by atoms with Gasteiger partial charge in [0.25, 0.3) is 0 Å². The topological polar surface area (TPSA) is 78.9 Å². The largest absolute Gasteiger partial charge is 0.497 e. The first kappa shape index (κ1) is 19.7. The number of aromatic nitrogens is 5. The highest BCUT2D eigenvalue weighted by atomic mass is 79.9. The molecule has 0 spiro atoms. The molecule has 0 saturated heterocycles. The number of rotatable bonds is 7. The SMILES string of the molecule is CCn1c(SCc2nnc(-c3cccc(OC)c3)o2)nnc1-c1ccc(Br)cc1. The molecule has 2 aromatic carbocycles. The first-order valence-corrected chi connectivity index (χ1v) is 10.7. The molecular formula is C20H18BrN5O2S. The zero-order valence-electron chi connectivity index (χ0n) is 15.9. The van der Waals surface area contributed by atoms with E-state index in [1.54, 1.807) is 7.11 Å². The molecule has 2 heterocycles. The second kappa shape index (κ2) is 8.79. The van der Waals surface area contributed by atoms with Gasteiger partial charge in [0.2, 0.25) is 11.8 Å². The van der Waals surface area contributed by atoms with Crippen LogP contribution < -0.4 is 4.74 Å². The van der Waals surface area contributed by atoms with Gasteiger partial charge in [-0.15, -0.1) is 20.4 Å². The molecule has 29 heavy (non-hydrogen) atoms. The maximum atomic E-state index is 5.81. The van der Waals surface area contributed by atoms with Crippen LogP contribution in [0.2, 0.25) is 0 Å². The van der Waals surface area contributed by atoms with Crippen molar-refractivity contribution in [3.63, 3.8) is 0 Å². The van der Waals surface area contributed by atoms with E-state index in [1.807, 2.05) is 48.5 Å². The quantitative estimate of drug-likeness (QED) is 0.347. The van der Waals surface area contributed by atoms with Crippen LogP contribution in [0.15, 0.2) is 62.6 Å². The summed E-state index contributed by atoms with van der Waals surface area (Å²) in [6.07, 6.45) is 0. The third kappa shape index (κ3) is 4.35. The van der Waals surface area contributed by atoms with Crippen LogP contribution in [0.5, 0.6) is 5.75 Å². The molecule has 0 saturated carbocycles. The van der Waals surface area contributed by atoms with Crippen LogP contribution in [0.25, 0.3) is 22.8 Å². The maximum Gasteiger partial charge on any atom is 0.247 e. The van der Waals surface area contributed by atoms with Crippen molar-refractivity contribution in [1.29, 1.82) is 0 Å². The monoisotopic (exact) mass is 471 g/mol. The van der Waals surface area contributed by atoms with Gasteiger partial charge >= 0.3 is 0 Å². The second-order valence-corrected chi connectivity index (χ2v) is 7.94. The zero-order valence-corrected chi connectivity index (χ0v) is 18.3. The van der Waals surface area contributed by atoms with Gasteiger partial charge in [-0.1, -0.05) is 45.9 Å². The van der Waals surface area contributed by atoms with Crippen LogP contribution in [0.4, 0.5) is 0 Å². The fraction of sp³-hybridized carbons (Fsp3) is 0.200. The van der Waals surface area contributed by atoms with Crippen LogP contribution >= 0.6 is 27.7 Å². The highest BCUT2D eigenvalue weighted by Gasteiger charge is 2.15. The van der Waals surface area contributed by atoms with Crippen LogP contribution in [-0.2, 0) is 12.3 Å². The molecule has 0 aliphatic heterocycles. The van der Waals surface area contributed by atoms with Crippen molar-refractivity contribution in [2.75, 3.05) is 7.11 Å². The minimum atomic E-state index is 0.465. The van der Waals surface area contributed by atoms with Crippen molar-refractivity contribution in [3.8, 4) is 28.6 Å². The number of hydrogen-bond acceptors (Lipinski definition) is 7. The van der Waals surface area contributed by atoms with E-state index in [9.17, 15) is 0 Å². The number of halogens is 1. The Morgan fingerprint density at radius 2 is 1.86 bits per heavy atom. The summed E-state index contributed by atoms with van der Waals surface area (Å²) in [5.74, 6) is 3.09. The van der Waals surface area contributed by atoms with Gasteiger partial charge in [0.05, 0.1) is 12.9 Å². The molecule has 0 aliphatic carbocycles. The molecule has 0 aliphatic rings. The molecule has 4 aromatic rings. The lowest BCUT2D eigenvalue weighted by atomic mass is 10.2. The first-order valence-electron chi connectivity index (χ1n) is 8.96. The minimum absolute atomic E-state index is 0.465. The Morgan fingerprint density at radius 3 is 2.62 bits per heavy atom. The number of nitrogens with zero attached hydrogens (tertiary/aromatic N) is 5. The summed E-state index contributed by atoms with van der Waals surface area (Å²) in [7, 11) is 1.63. The fourth-order valence-electron chi connectivity index (χ4n) is 2.80. The van der Waals surface area contributed by atoms with E-state index in [2.05, 4.69) is 47.8 Å². The van der Waals surface area contributed by atoms with Crippen LogP contribution in [0.1, 0.15) is 12.8 Å². The van der Waals surface area contributed by atoms with E-state index >= 15 is 0 Å². The highest BCUT2D eigenvalue weighted by molar-refractivity contribution is 9.10. The standard InChI is InChI=1S/C20H18BrN5O2S/c1-3-26-18(13-7-9-15(21)10-8-13)23-25-20(26)29-12-17-22-24-19(28-17)14-5-4-6-16(11-14)27-2/h4-11H,3,12H2,1-2H3. The summed E-state index contributed by atoms with van der Waals surface area (Å²) in [5.41, 5.74) is 1.84. The molecule has 9 heteroatoms. The van der Waals surface area contributed by atoms with Crippen molar-refractivity contribution in [3.05, 3.63) is 58.9 Å². The molecule has 0 amide bonds.